The average molecular weight is 429 g/mol. The molecule has 0 spiro atoms. The standard InChI is InChI=1S/C24H32N2O5/c1-14-6-9-18-16(12-14)22(28)20-21(15-7-8-17(27)19(13-15)30-4)26(11-5-10-25(2)3)24(29)23(20)31-18/h7-8,13-14,16,18,21,27H,5-6,9-12H2,1-4H3. The number of nitrogens with zero attached hydrogens (tertiary/aromatic N) is 2. The van der Waals surface area contributed by atoms with E-state index in [0.29, 0.717) is 23.8 Å². The fourth-order valence-electron chi connectivity index (χ4n) is 5.12. The molecule has 1 N–H and O–H groups in total. The molecule has 168 valence electrons. The molecule has 1 aliphatic carbocycles. The molecule has 7 heteroatoms. The number of aromatic hydroxyl groups is 1. The summed E-state index contributed by atoms with van der Waals surface area (Å²) in [6.45, 7) is 3.51. The number of amides is 1. The van der Waals surface area contributed by atoms with Gasteiger partial charge < -0.3 is 24.4 Å². The molecule has 2 aliphatic heterocycles. The summed E-state index contributed by atoms with van der Waals surface area (Å²) in [6, 6.07) is 4.50. The second kappa shape index (κ2) is 8.54. The summed E-state index contributed by atoms with van der Waals surface area (Å²) < 4.78 is 11.5. The van der Waals surface area contributed by atoms with E-state index in [1.165, 1.54) is 7.11 Å². The van der Waals surface area contributed by atoms with Crippen LogP contribution < -0.4 is 4.74 Å². The zero-order valence-electron chi connectivity index (χ0n) is 18.8. The van der Waals surface area contributed by atoms with E-state index in [0.717, 1.165) is 37.8 Å². The number of hydrogen-bond acceptors (Lipinski definition) is 6. The van der Waals surface area contributed by atoms with E-state index in [1.807, 2.05) is 14.1 Å². The molecule has 2 heterocycles. The normalized spacial score (nSPS) is 28.0. The van der Waals surface area contributed by atoms with Crippen molar-refractivity contribution >= 4 is 11.7 Å². The first-order chi connectivity index (χ1) is 14.8. The lowest BCUT2D eigenvalue weighted by Gasteiger charge is -2.37. The number of Topliss-reactive ketones (excluding diaryl/α,β-unsaturated/α-hetero) is 1. The van der Waals surface area contributed by atoms with Crippen LogP contribution in [-0.4, -0.2) is 67.0 Å². The zero-order chi connectivity index (χ0) is 22.3. The van der Waals surface area contributed by atoms with Gasteiger partial charge in [-0.25, -0.2) is 0 Å². The van der Waals surface area contributed by atoms with Gasteiger partial charge in [-0.15, -0.1) is 0 Å². The van der Waals surface area contributed by atoms with Crippen LogP contribution in [0.15, 0.2) is 29.5 Å². The fourth-order valence-corrected chi connectivity index (χ4v) is 5.12. The monoisotopic (exact) mass is 428 g/mol. The highest BCUT2D eigenvalue weighted by Crippen LogP contribution is 2.48. The van der Waals surface area contributed by atoms with Crippen LogP contribution in [0.25, 0.3) is 0 Å². The van der Waals surface area contributed by atoms with Crippen molar-refractivity contribution in [3.63, 3.8) is 0 Å². The van der Waals surface area contributed by atoms with E-state index < -0.39 is 6.04 Å². The molecule has 0 bridgehead atoms. The summed E-state index contributed by atoms with van der Waals surface area (Å²) in [6.07, 6.45) is 3.18. The summed E-state index contributed by atoms with van der Waals surface area (Å²) in [7, 11) is 5.48. The Hall–Kier alpha value is -2.54. The van der Waals surface area contributed by atoms with E-state index in [-0.39, 0.29) is 35.2 Å². The average Bonchev–Trinajstić information content (AvgIpc) is 3.01. The van der Waals surface area contributed by atoms with Gasteiger partial charge in [0.2, 0.25) is 0 Å². The van der Waals surface area contributed by atoms with E-state index in [9.17, 15) is 14.7 Å². The molecule has 1 fully saturated rings. The Kier molecular flexibility index (Phi) is 5.97. The number of ketones is 1. The Bertz CT molecular complexity index is 909. The molecule has 7 nitrogen and oxygen atoms in total. The fraction of sp³-hybridized carbons (Fsp3) is 0.583. The first-order valence-corrected chi connectivity index (χ1v) is 11.1. The van der Waals surface area contributed by atoms with Gasteiger partial charge in [0, 0.05) is 6.54 Å². The summed E-state index contributed by atoms with van der Waals surface area (Å²) in [5.41, 5.74) is 1.22. The van der Waals surface area contributed by atoms with Crippen LogP contribution in [-0.2, 0) is 14.3 Å². The highest BCUT2D eigenvalue weighted by atomic mass is 16.5. The van der Waals surface area contributed by atoms with Crippen molar-refractivity contribution < 1.29 is 24.2 Å². The van der Waals surface area contributed by atoms with Crippen LogP contribution in [0.1, 0.15) is 44.2 Å². The highest BCUT2D eigenvalue weighted by Gasteiger charge is 2.52. The minimum Gasteiger partial charge on any atom is -0.504 e. The molecule has 1 aromatic carbocycles. The summed E-state index contributed by atoms with van der Waals surface area (Å²) >= 11 is 0. The molecule has 4 unspecified atom stereocenters. The SMILES string of the molecule is COc1cc(C2C3=C(OC4CCC(C)CC4C3=O)C(=O)N2CCCN(C)C)ccc1O. The van der Waals surface area contributed by atoms with E-state index >= 15 is 0 Å². The van der Waals surface area contributed by atoms with Crippen molar-refractivity contribution in [2.45, 2.75) is 44.8 Å². The lowest BCUT2D eigenvalue weighted by atomic mass is 9.74. The zero-order valence-corrected chi connectivity index (χ0v) is 18.8. The Morgan fingerprint density at radius 1 is 1.26 bits per heavy atom. The van der Waals surface area contributed by atoms with Crippen molar-refractivity contribution in [3.05, 3.63) is 35.1 Å². The van der Waals surface area contributed by atoms with Crippen LogP contribution in [0.2, 0.25) is 0 Å². The topological polar surface area (TPSA) is 79.3 Å². The molecule has 1 aromatic rings. The Labute approximate surface area is 183 Å². The third-order valence-electron chi connectivity index (χ3n) is 6.73. The minimum atomic E-state index is -0.523. The predicted octanol–water partition coefficient (Wildman–Crippen LogP) is 2.89. The van der Waals surface area contributed by atoms with Gasteiger partial charge in [-0.05, 0) is 69.9 Å². The van der Waals surface area contributed by atoms with Crippen molar-refractivity contribution in [2.75, 3.05) is 34.3 Å². The number of methoxy groups -OCH3 is 1. The number of carbonyl (C=O) groups excluding carboxylic acids is 2. The molecule has 1 amide bonds. The van der Waals surface area contributed by atoms with Crippen LogP contribution in [0.3, 0.4) is 0 Å². The highest BCUT2D eigenvalue weighted by molar-refractivity contribution is 6.11. The predicted molar refractivity (Wildman–Crippen MR) is 116 cm³/mol. The van der Waals surface area contributed by atoms with Gasteiger partial charge in [0.05, 0.1) is 24.6 Å². The molecule has 0 aromatic heterocycles. The third-order valence-corrected chi connectivity index (χ3v) is 6.73. The summed E-state index contributed by atoms with van der Waals surface area (Å²) in [4.78, 5) is 30.9. The number of rotatable bonds is 6. The van der Waals surface area contributed by atoms with Crippen LogP contribution >= 0.6 is 0 Å². The molecular formula is C24H32N2O5. The van der Waals surface area contributed by atoms with Crippen LogP contribution in [0.4, 0.5) is 0 Å². The maximum absolute atomic E-state index is 13.7. The number of carbonyl (C=O) groups is 2. The molecule has 4 atom stereocenters. The molecular weight excluding hydrogens is 396 g/mol. The third kappa shape index (κ3) is 3.91. The molecule has 31 heavy (non-hydrogen) atoms. The summed E-state index contributed by atoms with van der Waals surface area (Å²) in [5, 5.41) is 10.1. The first kappa shape index (κ1) is 21.7. The Morgan fingerprint density at radius 2 is 2.03 bits per heavy atom. The van der Waals surface area contributed by atoms with Gasteiger partial charge in [0.25, 0.3) is 5.91 Å². The molecule has 3 aliphatic rings. The Balaban J connectivity index is 1.74. The van der Waals surface area contributed by atoms with E-state index in [1.54, 1.807) is 23.1 Å². The second-order valence-electron chi connectivity index (χ2n) is 9.28. The lowest BCUT2D eigenvalue weighted by molar-refractivity contribution is -0.136. The maximum Gasteiger partial charge on any atom is 0.290 e. The molecule has 0 saturated heterocycles. The van der Waals surface area contributed by atoms with Crippen LogP contribution in [0, 0.1) is 11.8 Å². The van der Waals surface area contributed by atoms with E-state index in [4.69, 9.17) is 9.47 Å². The van der Waals surface area contributed by atoms with Gasteiger partial charge in [-0.1, -0.05) is 13.0 Å². The van der Waals surface area contributed by atoms with Gasteiger partial charge >= 0.3 is 0 Å². The maximum atomic E-state index is 13.7. The number of fused-ring (bicyclic) bond motifs is 1. The van der Waals surface area contributed by atoms with Gasteiger partial charge in [-0.2, -0.15) is 0 Å². The number of phenolic OH excluding ortho intramolecular Hbond substituents is 1. The van der Waals surface area contributed by atoms with Crippen LogP contribution in [0.5, 0.6) is 11.5 Å². The number of phenols is 1. The first-order valence-electron chi connectivity index (χ1n) is 11.1. The minimum absolute atomic E-state index is 0.0244. The van der Waals surface area contributed by atoms with Crippen molar-refractivity contribution in [1.29, 1.82) is 0 Å². The number of ether oxygens (including phenoxy) is 2. The molecule has 4 rings (SSSR count). The van der Waals surface area contributed by atoms with Gasteiger partial charge in [0.15, 0.2) is 23.0 Å². The lowest BCUT2D eigenvalue weighted by Crippen LogP contribution is -2.41. The Morgan fingerprint density at radius 3 is 2.74 bits per heavy atom. The molecule has 0 radical (unpaired) electrons. The quantitative estimate of drug-likeness (QED) is 0.751. The van der Waals surface area contributed by atoms with Gasteiger partial charge in [-0.3, -0.25) is 9.59 Å². The van der Waals surface area contributed by atoms with Crippen molar-refractivity contribution in [1.82, 2.24) is 9.80 Å². The molecule has 1 saturated carbocycles. The summed E-state index contributed by atoms with van der Waals surface area (Å²) in [5.74, 6) is 0.670. The largest absolute Gasteiger partial charge is 0.504 e. The van der Waals surface area contributed by atoms with Crippen molar-refractivity contribution in [2.24, 2.45) is 11.8 Å². The number of hydrogen-bond donors (Lipinski definition) is 1. The second-order valence-corrected chi connectivity index (χ2v) is 9.28. The van der Waals surface area contributed by atoms with E-state index in [2.05, 4.69) is 11.8 Å². The smallest absolute Gasteiger partial charge is 0.290 e. The van der Waals surface area contributed by atoms with Crippen molar-refractivity contribution in [3.8, 4) is 11.5 Å². The number of benzene rings is 1. The van der Waals surface area contributed by atoms with Gasteiger partial charge in [0.1, 0.15) is 6.10 Å².